The van der Waals surface area contributed by atoms with Crippen LogP contribution in [0.2, 0.25) is 0 Å². The molecule has 0 saturated heterocycles. The molecule has 0 unspecified atom stereocenters. The van der Waals surface area contributed by atoms with Crippen LogP contribution < -0.4 is 4.74 Å². The molecule has 0 radical (unpaired) electrons. The Morgan fingerprint density at radius 1 is 0.840 bits per heavy atom. The quantitative estimate of drug-likeness (QED) is 0.326. The molecule has 0 amide bonds. The minimum absolute atomic E-state index is 0.0576. The van der Waals surface area contributed by atoms with Gasteiger partial charge in [-0.2, -0.15) is 0 Å². The maximum Gasteiger partial charge on any atom is 0.154 e. The van der Waals surface area contributed by atoms with Crippen molar-refractivity contribution in [2.45, 2.75) is 26.2 Å². The average Bonchev–Trinajstić information content (AvgIpc) is 2.59. The number of hydrogen-bond acceptors (Lipinski definition) is 2. The number of benzene rings is 3. The highest BCUT2D eigenvalue weighted by molar-refractivity contribution is 6.04. The standard InChI is InChI=1S/C23H19NO/c1-23(2,3)17-10-6-11-18-16(17)13-20-22(24-18)15-9-4-7-14-8-5-12-19(25-20)21(14)15/h4-13H,1-3H3. The number of aromatic nitrogens is 1. The molecule has 2 nitrogen and oxygen atoms in total. The van der Waals surface area contributed by atoms with E-state index in [1.54, 1.807) is 0 Å². The molecular weight excluding hydrogens is 306 g/mol. The highest BCUT2D eigenvalue weighted by Crippen LogP contribution is 2.46. The SMILES string of the molecule is CC(C)(C)c1cccc2nc3c(cc12)Oc1cccc2cccc-3c12. The molecule has 1 aliphatic rings. The average molecular weight is 325 g/mol. The predicted octanol–water partition coefficient (Wildman–Crippen LogP) is 6.46. The van der Waals surface area contributed by atoms with Crippen molar-refractivity contribution < 1.29 is 4.74 Å². The van der Waals surface area contributed by atoms with Crippen LogP contribution in [0.5, 0.6) is 11.5 Å². The lowest BCUT2D eigenvalue weighted by Gasteiger charge is -2.24. The largest absolute Gasteiger partial charge is 0.454 e. The smallest absolute Gasteiger partial charge is 0.154 e. The van der Waals surface area contributed by atoms with Crippen LogP contribution in [0, 0.1) is 0 Å². The fourth-order valence-electron chi connectivity index (χ4n) is 3.81. The Bertz CT molecular complexity index is 1150. The fraction of sp³-hybridized carbons (Fsp3) is 0.174. The van der Waals surface area contributed by atoms with Gasteiger partial charge in [0.1, 0.15) is 11.4 Å². The maximum atomic E-state index is 6.26. The summed E-state index contributed by atoms with van der Waals surface area (Å²) < 4.78 is 6.26. The van der Waals surface area contributed by atoms with Crippen molar-refractivity contribution in [1.29, 1.82) is 0 Å². The van der Waals surface area contributed by atoms with Crippen molar-refractivity contribution in [3.05, 3.63) is 66.2 Å². The lowest BCUT2D eigenvalue weighted by molar-refractivity contribution is 0.485. The first kappa shape index (κ1) is 14.5. The van der Waals surface area contributed by atoms with E-state index in [0.29, 0.717) is 0 Å². The van der Waals surface area contributed by atoms with Gasteiger partial charge in [0.2, 0.25) is 0 Å². The Hall–Kier alpha value is -2.87. The fourth-order valence-corrected chi connectivity index (χ4v) is 3.81. The molecule has 4 aromatic rings. The molecule has 25 heavy (non-hydrogen) atoms. The van der Waals surface area contributed by atoms with Gasteiger partial charge in [-0.1, -0.05) is 63.2 Å². The molecule has 0 aliphatic carbocycles. The highest BCUT2D eigenvalue weighted by Gasteiger charge is 2.24. The van der Waals surface area contributed by atoms with Gasteiger partial charge >= 0.3 is 0 Å². The Balaban J connectivity index is 1.87. The van der Waals surface area contributed by atoms with Gasteiger partial charge in [0, 0.05) is 16.3 Å². The first-order valence-electron chi connectivity index (χ1n) is 8.66. The molecular formula is C23H19NO. The molecule has 0 bridgehead atoms. The van der Waals surface area contributed by atoms with Crippen LogP contribution in [0.15, 0.2) is 60.7 Å². The van der Waals surface area contributed by atoms with Crippen LogP contribution in [0.25, 0.3) is 32.9 Å². The Kier molecular flexibility index (Phi) is 2.79. The zero-order valence-electron chi connectivity index (χ0n) is 14.6. The van der Waals surface area contributed by atoms with E-state index in [-0.39, 0.29) is 5.41 Å². The van der Waals surface area contributed by atoms with E-state index in [9.17, 15) is 0 Å². The molecule has 1 aliphatic heterocycles. The normalized spacial score (nSPS) is 12.9. The molecule has 2 heterocycles. The Labute approximate surface area is 147 Å². The molecule has 0 atom stereocenters. The molecule has 0 N–H and O–H groups in total. The highest BCUT2D eigenvalue weighted by atomic mass is 16.5. The van der Waals surface area contributed by atoms with Gasteiger partial charge in [-0.25, -0.2) is 4.98 Å². The zero-order chi connectivity index (χ0) is 17.2. The predicted molar refractivity (Wildman–Crippen MR) is 103 cm³/mol. The van der Waals surface area contributed by atoms with Crippen LogP contribution in [-0.2, 0) is 5.41 Å². The van der Waals surface area contributed by atoms with Crippen molar-refractivity contribution in [3.8, 4) is 22.8 Å². The summed E-state index contributed by atoms with van der Waals surface area (Å²) in [4.78, 5) is 4.99. The van der Waals surface area contributed by atoms with Crippen LogP contribution in [0.1, 0.15) is 26.3 Å². The second-order valence-electron chi connectivity index (χ2n) is 7.72. The minimum Gasteiger partial charge on any atom is -0.454 e. The number of ether oxygens (including phenoxy) is 1. The van der Waals surface area contributed by atoms with Crippen molar-refractivity contribution in [2.24, 2.45) is 0 Å². The number of hydrogen-bond donors (Lipinski definition) is 0. The number of nitrogens with zero attached hydrogens (tertiary/aromatic N) is 1. The summed E-state index contributed by atoms with van der Waals surface area (Å²) in [6.07, 6.45) is 0. The third kappa shape index (κ3) is 2.07. The molecule has 1 aromatic heterocycles. The number of pyridine rings is 1. The van der Waals surface area contributed by atoms with Gasteiger partial charge in [-0.05, 0) is 34.6 Å². The summed E-state index contributed by atoms with van der Waals surface area (Å²) >= 11 is 0. The Morgan fingerprint density at radius 2 is 1.60 bits per heavy atom. The van der Waals surface area contributed by atoms with Gasteiger partial charge in [-0.3, -0.25) is 0 Å². The first-order valence-corrected chi connectivity index (χ1v) is 8.66. The lowest BCUT2D eigenvalue weighted by atomic mass is 9.84. The van der Waals surface area contributed by atoms with Crippen LogP contribution in [0.4, 0.5) is 0 Å². The molecule has 0 fully saturated rings. The van der Waals surface area contributed by atoms with Gasteiger partial charge < -0.3 is 4.74 Å². The monoisotopic (exact) mass is 325 g/mol. The summed E-state index contributed by atoms with van der Waals surface area (Å²) in [5, 5.41) is 3.50. The van der Waals surface area contributed by atoms with Gasteiger partial charge in [0.15, 0.2) is 5.75 Å². The van der Waals surface area contributed by atoms with E-state index in [0.717, 1.165) is 33.7 Å². The lowest BCUT2D eigenvalue weighted by Crippen LogP contribution is -2.12. The topological polar surface area (TPSA) is 22.1 Å². The van der Waals surface area contributed by atoms with Crippen molar-refractivity contribution in [1.82, 2.24) is 4.98 Å². The number of fused-ring (bicyclic) bond motifs is 3. The van der Waals surface area contributed by atoms with E-state index in [1.807, 2.05) is 12.1 Å². The molecule has 0 saturated carbocycles. The Morgan fingerprint density at radius 3 is 2.40 bits per heavy atom. The van der Waals surface area contributed by atoms with Gasteiger partial charge in [0.25, 0.3) is 0 Å². The van der Waals surface area contributed by atoms with E-state index in [4.69, 9.17) is 9.72 Å². The van der Waals surface area contributed by atoms with Crippen molar-refractivity contribution in [2.75, 3.05) is 0 Å². The van der Waals surface area contributed by atoms with E-state index in [1.165, 1.54) is 16.3 Å². The van der Waals surface area contributed by atoms with Crippen LogP contribution in [0.3, 0.4) is 0 Å². The van der Waals surface area contributed by atoms with E-state index >= 15 is 0 Å². The van der Waals surface area contributed by atoms with Crippen LogP contribution >= 0.6 is 0 Å². The summed E-state index contributed by atoms with van der Waals surface area (Å²) in [6.45, 7) is 6.70. The number of rotatable bonds is 0. The summed E-state index contributed by atoms with van der Waals surface area (Å²) in [5.74, 6) is 1.75. The van der Waals surface area contributed by atoms with Gasteiger partial charge in [-0.15, -0.1) is 0 Å². The second-order valence-corrected chi connectivity index (χ2v) is 7.72. The third-order valence-electron chi connectivity index (χ3n) is 4.97. The van der Waals surface area contributed by atoms with E-state index in [2.05, 4.69) is 69.3 Å². The first-order chi connectivity index (χ1) is 12.0. The van der Waals surface area contributed by atoms with Gasteiger partial charge in [0.05, 0.1) is 5.52 Å². The third-order valence-corrected chi connectivity index (χ3v) is 4.97. The van der Waals surface area contributed by atoms with Crippen molar-refractivity contribution in [3.63, 3.8) is 0 Å². The maximum absolute atomic E-state index is 6.26. The van der Waals surface area contributed by atoms with E-state index < -0.39 is 0 Å². The summed E-state index contributed by atoms with van der Waals surface area (Å²) in [5.41, 5.74) is 4.45. The molecule has 2 heteroatoms. The zero-order valence-corrected chi connectivity index (χ0v) is 14.6. The summed E-state index contributed by atoms with van der Waals surface area (Å²) in [6, 6.07) is 21.1. The molecule has 122 valence electrons. The molecule has 3 aromatic carbocycles. The van der Waals surface area contributed by atoms with Crippen LogP contribution in [-0.4, -0.2) is 4.98 Å². The second kappa shape index (κ2) is 4.82. The van der Waals surface area contributed by atoms with Crippen molar-refractivity contribution >= 4 is 21.7 Å². The minimum atomic E-state index is 0.0576. The summed E-state index contributed by atoms with van der Waals surface area (Å²) in [7, 11) is 0. The molecule has 0 spiro atoms. The molecule has 5 rings (SSSR count).